The van der Waals surface area contributed by atoms with Crippen molar-refractivity contribution in [3.63, 3.8) is 0 Å². The van der Waals surface area contributed by atoms with E-state index in [4.69, 9.17) is 10.0 Å². The maximum atomic E-state index is 5.72. The van der Waals surface area contributed by atoms with Gasteiger partial charge in [0.15, 0.2) is 0 Å². The van der Waals surface area contributed by atoms with E-state index in [-0.39, 0.29) is 0 Å². The second-order valence-electron chi connectivity index (χ2n) is 10.8. The molecule has 0 aliphatic carbocycles. The summed E-state index contributed by atoms with van der Waals surface area (Å²) in [5.74, 6) is 13.6. The summed E-state index contributed by atoms with van der Waals surface area (Å²) < 4.78 is 2.56. The standard InChI is InChI=1S/C15H19GeN.C12H10BrN.C3H9ClGe/c1-12-10-15(13-8-6-5-7-9-13)17-11-14(12)16(2,3)4;1-9-7-12(14-8-11(9)13)10-5-3-2-4-6-10;1-5(2,3)4/h5-11H,1-4H3;2-8H,1H3;1-3H3. The van der Waals surface area contributed by atoms with Gasteiger partial charge in [-0.25, -0.2) is 0 Å². The zero-order valence-corrected chi connectivity index (χ0v) is 29.3. The molecule has 0 unspecified atom stereocenters. The average molecular weight is 687 g/mol. The Morgan fingerprint density at radius 3 is 1.39 bits per heavy atom. The van der Waals surface area contributed by atoms with Crippen LogP contribution in [0.15, 0.2) is 89.7 Å². The molecule has 4 rings (SSSR count). The number of hydrogen-bond donors (Lipinski definition) is 0. The molecule has 2 heterocycles. The van der Waals surface area contributed by atoms with E-state index in [2.05, 4.69) is 129 Å². The topological polar surface area (TPSA) is 25.8 Å². The van der Waals surface area contributed by atoms with Gasteiger partial charge >= 0.3 is 146 Å². The summed E-state index contributed by atoms with van der Waals surface area (Å²) in [5, 5.41) is 0. The Balaban J connectivity index is 0.000000217. The van der Waals surface area contributed by atoms with Gasteiger partial charge in [0.2, 0.25) is 0 Å². The molecule has 0 amide bonds. The zero-order valence-electron chi connectivity index (χ0n) is 22.7. The van der Waals surface area contributed by atoms with Crippen LogP contribution < -0.4 is 4.40 Å². The van der Waals surface area contributed by atoms with Crippen molar-refractivity contribution in [2.24, 2.45) is 0 Å². The second-order valence-corrected chi connectivity index (χ2v) is 36.7. The molecule has 0 aliphatic rings. The third-order valence-electron chi connectivity index (χ3n) is 5.10. The first kappa shape index (κ1) is 30.8. The van der Waals surface area contributed by atoms with Crippen molar-refractivity contribution in [3.05, 3.63) is 101 Å². The number of rotatable bonds is 3. The van der Waals surface area contributed by atoms with Crippen LogP contribution >= 0.6 is 25.9 Å². The fourth-order valence-corrected chi connectivity index (χ4v) is 7.21. The Morgan fingerprint density at radius 1 is 0.639 bits per heavy atom. The second kappa shape index (κ2) is 13.9. The van der Waals surface area contributed by atoms with E-state index in [1.165, 1.54) is 21.1 Å². The molecule has 0 spiro atoms. The summed E-state index contributed by atoms with van der Waals surface area (Å²) in [6.07, 6.45) is 3.94. The van der Waals surface area contributed by atoms with Crippen LogP contribution in [0.5, 0.6) is 0 Å². The van der Waals surface area contributed by atoms with E-state index in [0.717, 1.165) is 21.4 Å². The van der Waals surface area contributed by atoms with Gasteiger partial charge in [0.1, 0.15) is 0 Å². The van der Waals surface area contributed by atoms with E-state index >= 15 is 0 Å². The molecule has 36 heavy (non-hydrogen) atoms. The molecule has 6 heteroatoms. The van der Waals surface area contributed by atoms with Crippen molar-refractivity contribution in [3.8, 4) is 22.5 Å². The monoisotopic (exact) mass is 688 g/mol. The maximum absolute atomic E-state index is 5.72. The van der Waals surface area contributed by atoms with Crippen molar-refractivity contribution in [2.75, 3.05) is 0 Å². The van der Waals surface area contributed by atoms with Gasteiger partial charge in [0, 0.05) is 16.2 Å². The molecule has 0 saturated carbocycles. The molecule has 2 aromatic carbocycles. The zero-order chi connectivity index (χ0) is 26.9. The van der Waals surface area contributed by atoms with E-state index in [0.29, 0.717) is 0 Å². The van der Waals surface area contributed by atoms with Gasteiger partial charge in [-0.1, -0.05) is 30.3 Å². The molecule has 2 nitrogen and oxygen atoms in total. The van der Waals surface area contributed by atoms with Gasteiger partial charge in [-0.05, 0) is 34.5 Å². The van der Waals surface area contributed by atoms with Crippen LogP contribution in [-0.2, 0) is 0 Å². The summed E-state index contributed by atoms with van der Waals surface area (Å²) in [7, 11) is 5.72. The predicted molar refractivity (Wildman–Crippen MR) is 169 cm³/mol. The molecular weight excluding hydrogens is 649 g/mol. The van der Waals surface area contributed by atoms with Crippen LogP contribution in [0.25, 0.3) is 22.5 Å². The van der Waals surface area contributed by atoms with Crippen molar-refractivity contribution in [2.45, 2.75) is 48.4 Å². The molecule has 0 bridgehead atoms. The fourth-order valence-electron chi connectivity index (χ4n) is 3.41. The first-order valence-corrected chi connectivity index (χ1v) is 29.3. The van der Waals surface area contributed by atoms with Crippen molar-refractivity contribution in [1.29, 1.82) is 0 Å². The van der Waals surface area contributed by atoms with Gasteiger partial charge in [0.05, 0.1) is 5.69 Å². The van der Waals surface area contributed by atoms with Gasteiger partial charge in [-0.15, -0.1) is 0 Å². The SMILES string of the molecule is Cc1cc(-c2ccccc2)nc[c]1[Ge]([CH3])([CH3])[CH3].Cc1cc(-c2ccccc2)ncc1Br.[CH3][Ge]([CH3])([CH3])[Cl]. The number of benzene rings is 2. The van der Waals surface area contributed by atoms with Crippen LogP contribution in [0.3, 0.4) is 0 Å². The Hall–Kier alpha value is -1.40. The van der Waals surface area contributed by atoms with Gasteiger partial charge in [-0.3, -0.25) is 4.98 Å². The van der Waals surface area contributed by atoms with Crippen LogP contribution in [0.1, 0.15) is 11.1 Å². The van der Waals surface area contributed by atoms with E-state index < -0.39 is 25.6 Å². The third-order valence-corrected chi connectivity index (χ3v) is 10.4. The number of aryl methyl sites for hydroxylation is 2. The minimum atomic E-state index is -1.76. The number of nitrogens with zero attached hydrogens (tertiary/aromatic N) is 2. The molecule has 0 aliphatic heterocycles. The predicted octanol–water partition coefficient (Wildman–Crippen LogP) is 9.48. The number of aromatic nitrogens is 2. The van der Waals surface area contributed by atoms with Crippen LogP contribution in [0.2, 0.25) is 34.5 Å². The van der Waals surface area contributed by atoms with Crippen molar-refractivity contribution < 1.29 is 0 Å². The van der Waals surface area contributed by atoms with E-state index in [9.17, 15) is 0 Å². The van der Waals surface area contributed by atoms with E-state index in [1.807, 2.05) is 30.5 Å². The Kier molecular flexibility index (Phi) is 11.9. The van der Waals surface area contributed by atoms with Gasteiger partial charge in [0.25, 0.3) is 0 Å². The van der Waals surface area contributed by atoms with Crippen LogP contribution in [-0.4, -0.2) is 35.6 Å². The fraction of sp³-hybridized carbons (Fsp3) is 0.267. The molecule has 2 aromatic heterocycles. The summed E-state index contributed by atoms with van der Waals surface area (Å²) in [6.45, 7) is 4.28. The quantitative estimate of drug-likeness (QED) is 0.201. The number of pyridine rings is 2. The Morgan fingerprint density at radius 2 is 1.03 bits per heavy atom. The summed E-state index contributed by atoms with van der Waals surface area (Å²) in [5.41, 5.74) is 7.06. The summed E-state index contributed by atoms with van der Waals surface area (Å²) in [4.78, 5) is 8.99. The summed E-state index contributed by atoms with van der Waals surface area (Å²) >= 11 is 0.149. The molecule has 0 radical (unpaired) electrons. The first-order chi connectivity index (χ1) is 16.8. The molecule has 4 aromatic rings. The number of hydrogen-bond acceptors (Lipinski definition) is 2. The molecule has 0 saturated heterocycles. The van der Waals surface area contributed by atoms with E-state index in [1.54, 1.807) is 0 Å². The van der Waals surface area contributed by atoms with Crippen LogP contribution in [0, 0.1) is 13.8 Å². The third kappa shape index (κ3) is 10.9. The minimum absolute atomic E-state index is 1.02. The Labute approximate surface area is 236 Å². The molecular formula is C30H38BrClGe2N2. The van der Waals surface area contributed by atoms with Gasteiger partial charge in [-0.2, -0.15) is 0 Å². The van der Waals surface area contributed by atoms with Crippen LogP contribution in [0.4, 0.5) is 0 Å². The average Bonchev–Trinajstić information content (AvgIpc) is 2.80. The van der Waals surface area contributed by atoms with Crippen molar-refractivity contribution in [1.82, 2.24) is 9.97 Å². The first-order valence-electron chi connectivity index (χ1n) is 12.1. The number of halogens is 2. The Bertz CT molecular complexity index is 1230. The normalized spacial score (nSPS) is 11.1. The van der Waals surface area contributed by atoms with Gasteiger partial charge < -0.3 is 0 Å². The molecule has 0 fully saturated rings. The summed E-state index contributed by atoms with van der Waals surface area (Å²) in [6, 6.07) is 24.9. The molecule has 0 N–H and O–H groups in total. The molecule has 190 valence electrons. The van der Waals surface area contributed by atoms with Crippen molar-refractivity contribution >= 4 is 55.9 Å². The molecule has 0 atom stereocenters.